The number of aryl methyl sites for hydroxylation is 2. The molecule has 0 radical (unpaired) electrons. The number of rotatable bonds is 10. The molecule has 1 aromatic carbocycles. The highest BCUT2D eigenvalue weighted by Crippen LogP contribution is 2.43. The molecule has 4 rings (SSSR count). The summed E-state index contributed by atoms with van der Waals surface area (Å²) in [6, 6.07) is 2.77. The zero-order chi connectivity index (χ0) is 30.1. The summed E-state index contributed by atoms with van der Waals surface area (Å²) in [4.78, 5) is 28.0. The van der Waals surface area contributed by atoms with Crippen molar-refractivity contribution >= 4 is 27.7 Å². The summed E-state index contributed by atoms with van der Waals surface area (Å²) in [6.45, 7) is 10.1. The van der Waals surface area contributed by atoms with Gasteiger partial charge >= 0.3 is 5.97 Å². The maximum absolute atomic E-state index is 14.3. The number of benzene rings is 1. The lowest BCUT2D eigenvalue weighted by atomic mass is 9.88. The second kappa shape index (κ2) is 12.0. The molecule has 2 aliphatic rings. The Bertz CT molecular complexity index is 1450. The number of amides is 1. The molecule has 10 nitrogen and oxygen atoms in total. The summed E-state index contributed by atoms with van der Waals surface area (Å²) in [5, 5.41) is 11.4. The number of hydrogen-bond donors (Lipinski definition) is 3. The van der Waals surface area contributed by atoms with Crippen LogP contribution in [0.4, 0.5) is 5.82 Å². The number of nitrogens with one attached hydrogen (secondary N) is 1. The molecule has 0 aliphatic carbocycles. The van der Waals surface area contributed by atoms with Crippen LogP contribution in [0, 0.1) is 20.8 Å². The van der Waals surface area contributed by atoms with Gasteiger partial charge in [-0.15, -0.1) is 0 Å². The Kier molecular flexibility index (Phi) is 8.98. The van der Waals surface area contributed by atoms with Gasteiger partial charge in [-0.25, -0.2) is 17.7 Å². The van der Waals surface area contributed by atoms with Crippen LogP contribution in [0.5, 0.6) is 5.75 Å². The molecule has 2 aromatic rings. The van der Waals surface area contributed by atoms with E-state index in [1.165, 1.54) is 4.31 Å². The van der Waals surface area contributed by atoms with Crippen LogP contribution in [0.3, 0.4) is 0 Å². The standard InChI is InChI=1S/C30H42N4O6S/c1-18-19(2)27(20(3)23-14-15-30(4,5)40-26(18)23)41(38,39)34-16-8-9-21-12-13-22(33-28(21)34)10-6-7-11-25(35)32-17-24(31)29(36)37/h12-13,24H,6-11,14-17,31H2,1-5H3,(H,32,35)(H,36,37). The number of nitrogens with two attached hydrogens (primary N) is 1. The van der Waals surface area contributed by atoms with Crippen molar-refractivity contribution in [3.63, 3.8) is 0 Å². The van der Waals surface area contributed by atoms with Crippen molar-refractivity contribution in [3.05, 3.63) is 45.6 Å². The van der Waals surface area contributed by atoms with Crippen LogP contribution in [-0.2, 0) is 38.9 Å². The van der Waals surface area contributed by atoms with Crippen molar-refractivity contribution < 1.29 is 27.9 Å². The lowest BCUT2D eigenvalue weighted by Crippen LogP contribution is -2.42. The third-order valence-corrected chi connectivity index (χ3v) is 10.3. The minimum atomic E-state index is -3.88. The van der Waals surface area contributed by atoms with E-state index in [1.807, 2.05) is 32.9 Å². The Morgan fingerprint density at radius 2 is 1.88 bits per heavy atom. The van der Waals surface area contributed by atoms with E-state index in [0.717, 1.165) is 53.0 Å². The van der Waals surface area contributed by atoms with Gasteiger partial charge in [0.1, 0.15) is 23.2 Å². The van der Waals surface area contributed by atoms with Crippen LogP contribution >= 0.6 is 0 Å². The monoisotopic (exact) mass is 586 g/mol. The minimum Gasteiger partial charge on any atom is -0.487 e. The first kappa shape index (κ1) is 30.8. The second-order valence-electron chi connectivity index (χ2n) is 11.8. The largest absolute Gasteiger partial charge is 0.487 e. The van der Waals surface area contributed by atoms with Gasteiger partial charge in [0.25, 0.3) is 10.0 Å². The fourth-order valence-electron chi connectivity index (χ4n) is 5.66. The molecule has 0 saturated carbocycles. The number of pyridine rings is 1. The number of carboxylic acid groups (broad SMARTS) is 1. The number of ether oxygens (including phenoxy) is 1. The molecule has 1 atom stereocenters. The highest BCUT2D eigenvalue weighted by molar-refractivity contribution is 7.93. The molecule has 0 fully saturated rings. The van der Waals surface area contributed by atoms with E-state index in [4.69, 9.17) is 20.6 Å². The number of hydrogen-bond acceptors (Lipinski definition) is 7. The lowest BCUT2D eigenvalue weighted by Gasteiger charge is -2.36. The maximum Gasteiger partial charge on any atom is 0.322 e. The summed E-state index contributed by atoms with van der Waals surface area (Å²) in [7, 11) is -3.88. The van der Waals surface area contributed by atoms with Gasteiger partial charge in [0.15, 0.2) is 0 Å². The maximum atomic E-state index is 14.3. The van der Waals surface area contributed by atoms with E-state index in [1.54, 1.807) is 0 Å². The fraction of sp³-hybridized carbons (Fsp3) is 0.567. The number of fused-ring (bicyclic) bond motifs is 2. The van der Waals surface area contributed by atoms with Crippen LogP contribution in [0.1, 0.15) is 79.5 Å². The number of aliphatic carboxylic acids is 1. The smallest absolute Gasteiger partial charge is 0.322 e. The van der Waals surface area contributed by atoms with Gasteiger partial charge in [0, 0.05) is 25.2 Å². The van der Waals surface area contributed by atoms with Crippen molar-refractivity contribution in [3.8, 4) is 5.75 Å². The first-order valence-electron chi connectivity index (χ1n) is 14.3. The Balaban J connectivity index is 1.52. The molecular formula is C30H42N4O6S. The molecule has 0 spiro atoms. The van der Waals surface area contributed by atoms with E-state index >= 15 is 0 Å². The van der Waals surface area contributed by atoms with Gasteiger partial charge < -0.3 is 20.9 Å². The molecule has 11 heteroatoms. The molecule has 0 bridgehead atoms. The molecule has 224 valence electrons. The first-order chi connectivity index (χ1) is 19.2. The molecule has 3 heterocycles. The average Bonchev–Trinajstić information content (AvgIpc) is 2.91. The predicted octanol–water partition coefficient (Wildman–Crippen LogP) is 3.49. The zero-order valence-electron chi connectivity index (χ0n) is 24.7. The molecule has 1 amide bonds. The number of anilines is 1. The van der Waals surface area contributed by atoms with Gasteiger partial charge in [-0.1, -0.05) is 6.07 Å². The first-order valence-corrected chi connectivity index (χ1v) is 15.7. The zero-order valence-corrected chi connectivity index (χ0v) is 25.5. The van der Waals surface area contributed by atoms with Gasteiger partial charge in [-0.05, 0) is 113 Å². The molecule has 1 aromatic heterocycles. The van der Waals surface area contributed by atoms with Crippen molar-refractivity contribution in [2.75, 3.05) is 17.4 Å². The number of nitrogens with zero attached hydrogens (tertiary/aromatic N) is 2. The highest BCUT2D eigenvalue weighted by Gasteiger charge is 2.37. The fourth-order valence-corrected chi connectivity index (χ4v) is 7.68. The second-order valence-corrected chi connectivity index (χ2v) is 13.6. The van der Waals surface area contributed by atoms with E-state index in [0.29, 0.717) is 48.5 Å². The number of carbonyl (C=O) groups is 2. The van der Waals surface area contributed by atoms with E-state index in [2.05, 4.69) is 19.2 Å². The van der Waals surface area contributed by atoms with Gasteiger partial charge in [-0.2, -0.15) is 0 Å². The minimum absolute atomic E-state index is 0.113. The third kappa shape index (κ3) is 6.51. The molecule has 2 aliphatic heterocycles. The van der Waals surface area contributed by atoms with Crippen molar-refractivity contribution in [1.82, 2.24) is 10.3 Å². The van der Waals surface area contributed by atoms with E-state index in [-0.39, 0.29) is 24.5 Å². The Hall–Kier alpha value is -3.18. The van der Waals surface area contributed by atoms with Gasteiger partial charge in [0.05, 0.1) is 4.90 Å². The molecule has 4 N–H and O–H groups in total. The average molecular weight is 587 g/mol. The van der Waals surface area contributed by atoms with Gasteiger partial charge in [-0.3, -0.25) is 9.59 Å². The van der Waals surface area contributed by atoms with Crippen LogP contribution in [0.2, 0.25) is 0 Å². The summed E-state index contributed by atoms with van der Waals surface area (Å²) < 4.78 is 36.4. The SMILES string of the molecule is Cc1c(C)c(S(=O)(=O)N2CCCc3ccc(CCCCC(=O)NCC(N)C(=O)O)nc32)c(C)c2c1OC(C)(C)CC2. The number of unbranched alkanes of at least 4 members (excludes halogenated alkanes) is 1. The summed E-state index contributed by atoms with van der Waals surface area (Å²) in [6.07, 6.45) is 5.15. The molecular weight excluding hydrogens is 544 g/mol. The number of aromatic nitrogens is 1. The van der Waals surface area contributed by atoms with Gasteiger partial charge in [0.2, 0.25) is 5.91 Å². The highest BCUT2D eigenvalue weighted by atomic mass is 32.2. The molecule has 41 heavy (non-hydrogen) atoms. The van der Waals surface area contributed by atoms with Crippen molar-refractivity contribution in [1.29, 1.82) is 0 Å². The third-order valence-electron chi connectivity index (χ3n) is 8.19. The summed E-state index contributed by atoms with van der Waals surface area (Å²) >= 11 is 0. The molecule has 1 unspecified atom stereocenters. The van der Waals surface area contributed by atoms with E-state index < -0.39 is 22.0 Å². The van der Waals surface area contributed by atoms with Crippen LogP contribution in [0.15, 0.2) is 17.0 Å². The normalized spacial score (nSPS) is 16.8. The quantitative estimate of drug-likeness (QED) is 0.358. The van der Waals surface area contributed by atoms with Crippen molar-refractivity contribution in [2.24, 2.45) is 5.73 Å². The number of sulfonamides is 1. The predicted molar refractivity (Wildman–Crippen MR) is 157 cm³/mol. The van der Waals surface area contributed by atoms with Crippen LogP contribution < -0.4 is 20.1 Å². The van der Waals surface area contributed by atoms with Crippen molar-refractivity contribution in [2.45, 2.75) is 103 Å². The Labute approximate surface area is 242 Å². The Morgan fingerprint density at radius 3 is 2.59 bits per heavy atom. The lowest BCUT2D eigenvalue weighted by molar-refractivity contribution is -0.138. The number of carboxylic acids is 1. The summed E-state index contributed by atoms with van der Waals surface area (Å²) in [5.74, 6) is -0.115. The number of carbonyl (C=O) groups excluding carboxylic acids is 1. The Morgan fingerprint density at radius 1 is 1.15 bits per heavy atom. The van der Waals surface area contributed by atoms with Crippen LogP contribution in [0.25, 0.3) is 0 Å². The van der Waals surface area contributed by atoms with E-state index in [9.17, 15) is 18.0 Å². The molecule has 0 saturated heterocycles. The summed E-state index contributed by atoms with van der Waals surface area (Å²) in [5.41, 5.74) is 10.1. The topological polar surface area (TPSA) is 152 Å². The van der Waals surface area contributed by atoms with Crippen LogP contribution in [-0.4, -0.2) is 55.1 Å².